The lowest BCUT2D eigenvalue weighted by Gasteiger charge is -2.11. The van der Waals surface area contributed by atoms with Crippen LogP contribution in [0.4, 0.5) is 0 Å². The van der Waals surface area contributed by atoms with Crippen LogP contribution in [0.2, 0.25) is 0 Å². The Balaban J connectivity index is 1.21. The molecule has 2 fully saturated rings. The molecular weight excluding hydrogens is 789 g/mol. The number of nitrogens with one attached hydrogen (secondary N) is 2. The largest absolute Gasteiger partial charge is 0.354 e. The quantitative estimate of drug-likeness (QED) is 0.157. The van der Waals surface area contributed by atoms with E-state index in [1.807, 2.05) is 12.1 Å². The minimum Gasteiger partial charge on any atom is -0.354 e. The third-order valence-corrected chi connectivity index (χ3v) is 12.6. The molecule has 0 unspecified atom stereocenters. The van der Waals surface area contributed by atoms with Crippen molar-refractivity contribution in [3.63, 3.8) is 0 Å². The topological polar surface area (TPSA) is 74.4 Å². The van der Waals surface area contributed by atoms with Gasteiger partial charge in [-0.15, -0.1) is 0 Å². The molecule has 0 saturated heterocycles. The molecule has 2 N–H and O–H groups in total. The van der Waals surface area contributed by atoms with E-state index in [1.165, 1.54) is 29.2 Å². The number of H-pyrrole nitrogens is 2. The molecule has 2 saturated carbocycles. The molecule has 4 aliphatic rings. The maximum atomic E-state index is 12.1. The smallest absolute Gasteiger partial charge is 0.190 e. The monoisotopic (exact) mass is 828 g/mol. The van der Waals surface area contributed by atoms with E-state index in [2.05, 4.69) is 202 Å². The minimum atomic E-state index is 0.0528. The highest BCUT2D eigenvalue weighted by Crippen LogP contribution is 2.40. The van der Waals surface area contributed by atoms with Crippen molar-refractivity contribution < 1.29 is 4.79 Å². The molecule has 0 amide bonds. The van der Waals surface area contributed by atoms with E-state index in [9.17, 15) is 4.79 Å². The number of fused-ring (bicyclic) bond motifs is 8. The van der Waals surface area contributed by atoms with Crippen molar-refractivity contribution in [3.05, 3.63) is 224 Å². The summed E-state index contributed by atoms with van der Waals surface area (Å²) >= 11 is 1.24. The molecule has 63 heavy (non-hydrogen) atoms. The van der Waals surface area contributed by atoms with E-state index >= 15 is 0 Å². The Labute approximate surface area is 373 Å². The van der Waals surface area contributed by atoms with Gasteiger partial charge in [0.2, 0.25) is 0 Å². The molecule has 2 aliphatic heterocycles. The zero-order valence-electron chi connectivity index (χ0n) is 34.7. The summed E-state index contributed by atoms with van der Waals surface area (Å²) < 4.78 is 0. The van der Waals surface area contributed by atoms with Crippen molar-refractivity contribution in [1.29, 1.82) is 0 Å². The van der Waals surface area contributed by atoms with E-state index in [0.717, 1.165) is 105 Å². The number of aryl methyl sites for hydroxylation is 1. The van der Waals surface area contributed by atoms with Crippen LogP contribution in [0.3, 0.4) is 0 Å². The van der Waals surface area contributed by atoms with Crippen LogP contribution in [0.15, 0.2) is 126 Å². The fourth-order valence-corrected chi connectivity index (χ4v) is 9.39. The van der Waals surface area contributed by atoms with Crippen molar-refractivity contribution in [2.45, 2.75) is 18.7 Å². The van der Waals surface area contributed by atoms with Gasteiger partial charge in [-0.1, -0.05) is 102 Å². The van der Waals surface area contributed by atoms with Crippen molar-refractivity contribution in [1.82, 2.24) is 19.9 Å². The molecule has 7 aromatic rings. The van der Waals surface area contributed by atoms with Gasteiger partial charge in [0.25, 0.3) is 0 Å². The summed E-state index contributed by atoms with van der Waals surface area (Å²) in [6.07, 6.45) is 25.3. The lowest BCUT2D eigenvalue weighted by molar-refractivity contribution is -0.109. The van der Waals surface area contributed by atoms with E-state index in [-0.39, 0.29) is 5.12 Å². The van der Waals surface area contributed by atoms with Gasteiger partial charge in [0, 0.05) is 68.0 Å². The van der Waals surface area contributed by atoms with E-state index < -0.39 is 0 Å². The molecule has 0 atom stereocenters. The van der Waals surface area contributed by atoms with Gasteiger partial charge >= 0.3 is 0 Å². The maximum absolute atomic E-state index is 12.1. The summed E-state index contributed by atoms with van der Waals surface area (Å²) in [5.41, 5.74) is 18.8. The van der Waals surface area contributed by atoms with Crippen LogP contribution in [-0.4, -0.2) is 25.1 Å². The first-order chi connectivity index (χ1) is 30.9. The average molecular weight is 829 g/mol. The van der Waals surface area contributed by atoms with E-state index in [4.69, 9.17) is 9.97 Å². The number of nitrogens with zero attached hydrogens (tertiary/aromatic N) is 2. The summed E-state index contributed by atoms with van der Waals surface area (Å²) in [4.78, 5) is 31.6. The predicted molar refractivity (Wildman–Crippen MR) is 261 cm³/mol. The summed E-state index contributed by atoms with van der Waals surface area (Å²) in [6.45, 7) is 3.71. The number of benzene rings is 4. The van der Waals surface area contributed by atoms with Crippen molar-refractivity contribution in [2.24, 2.45) is 0 Å². The highest BCUT2D eigenvalue weighted by Gasteiger charge is 2.23. The minimum absolute atomic E-state index is 0.0528. The predicted octanol–water partition coefficient (Wildman–Crippen LogP) is 13.8. The summed E-state index contributed by atoms with van der Waals surface area (Å²) in [6, 6.07) is 43.0. The Bertz CT molecular complexity index is 2940. The molecule has 5 nitrogen and oxygen atoms in total. The Morgan fingerprint density at radius 1 is 0.413 bits per heavy atom. The fourth-order valence-electron chi connectivity index (χ4n) is 8.79. The molecule has 8 bridgehead atoms. The molecule has 0 spiro atoms. The zero-order valence-corrected chi connectivity index (χ0v) is 35.5. The normalized spacial score (nSPS) is 15.1. The van der Waals surface area contributed by atoms with Crippen molar-refractivity contribution in [2.75, 3.05) is 0 Å². The first-order valence-electron chi connectivity index (χ1n) is 21.1. The van der Waals surface area contributed by atoms with Gasteiger partial charge in [-0.25, -0.2) is 9.97 Å². The second kappa shape index (κ2) is 16.7. The van der Waals surface area contributed by atoms with Crippen molar-refractivity contribution in [3.8, 4) is 44.5 Å². The second-order valence-electron chi connectivity index (χ2n) is 16.0. The highest BCUT2D eigenvalue weighted by atomic mass is 32.2. The highest BCUT2D eigenvalue weighted by molar-refractivity contribution is 8.13. The summed E-state index contributed by atoms with van der Waals surface area (Å²) in [5, 5.41) is 0.0528. The number of carbonyl (C=O) groups is 1. The van der Waals surface area contributed by atoms with Crippen LogP contribution >= 0.6 is 11.8 Å². The molecule has 3 aromatic heterocycles. The van der Waals surface area contributed by atoms with Gasteiger partial charge in [-0.3, -0.25) is 4.79 Å². The molecular formula is C57H40N4OS. The van der Waals surface area contributed by atoms with Crippen LogP contribution < -0.4 is 0 Å². The Kier molecular flexibility index (Phi) is 10.4. The summed E-state index contributed by atoms with van der Waals surface area (Å²) in [5.74, 6) is 2.37. The van der Waals surface area contributed by atoms with Gasteiger partial charge in [-0.2, -0.15) is 0 Å². The number of aromatic amines is 2. The molecule has 5 heterocycles. The van der Waals surface area contributed by atoms with Crippen LogP contribution in [0.1, 0.15) is 46.4 Å². The van der Waals surface area contributed by atoms with Crippen LogP contribution in [0.25, 0.3) is 90.9 Å². The number of aromatic nitrogens is 4. The Hall–Kier alpha value is -6.50. The SMILES string of the molecule is CC(=O)Sc1ccc(-c2c3ccc([nH]3)c(-c3ccc([C]4[CH][CH][CH][CH]4)cc3)c3nc(c(-c4ccc(C)cc4)c4nc(c(-c5ccc([C]6[CH][CH][CH][CH]6)cc5)c5ccc2[nH]5)C=C4)C=C3)cc1. The third kappa shape index (κ3) is 7.71. The number of hydrogen-bond donors (Lipinski definition) is 2. The van der Waals surface area contributed by atoms with E-state index in [1.54, 1.807) is 6.92 Å². The van der Waals surface area contributed by atoms with Gasteiger partial charge in [0.05, 0.1) is 22.8 Å². The number of hydrogen-bond acceptors (Lipinski definition) is 4. The second-order valence-corrected chi connectivity index (χ2v) is 17.2. The first-order valence-corrected chi connectivity index (χ1v) is 21.9. The maximum Gasteiger partial charge on any atom is 0.190 e. The van der Waals surface area contributed by atoms with E-state index in [0.29, 0.717) is 0 Å². The zero-order chi connectivity index (χ0) is 42.4. The third-order valence-electron chi connectivity index (χ3n) is 11.8. The number of thioether (sulfide) groups is 1. The standard InChI is InChI=1S/C57H40N4OS/c1-35-11-13-41(14-12-35)54-46-27-29-48(58-46)55(42-19-15-39(16-20-42)37-7-3-4-8-37)50-31-33-52(60-50)57(44-23-25-45(26-24-44)63-36(2)62)53-34-32-51(61-53)56(49-30-28-47(54)59-49)43-21-17-40(18-22-43)38-9-5-6-10-38/h3-34,60-61H,1-2H3. The Morgan fingerprint density at radius 3 is 1.17 bits per heavy atom. The van der Waals surface area contributed by atoms with Crippen LogP contribution in [0, 0.1) is 70.1 Å². The molecule has 4 aromatic carbocycles. The van der Waals surface area contributed by atoms with Gasteiger partial charge in [0.1, 0.15) is 0 Å². The lowest BCUT2D eigenvalue weighted by Crippen LogP contribution is -1.95. The molecule has 6 heteroatoms. The number of carbonyl (C=O) groups excluding carboxylic acids is 1. The van der Waals surface area contributed by atoms with Crippen molar-refractivity contribution >= 4 is 63.2 Å². The van der Waals surface area contributed by atoms with Crippen LogP contribution in [-0.2, 0) is 4.79 Å². The Morgan fingerprint density at radius 2 is 0.746 bits per heavy atom. The average Bonchev–Trinajstić information content (AvgIpc) is 4.16. The first kappa shape index (κ1) is 39.4. The van der Waals surface area contributed by atoms with Gasteiger partial charge in [0.15, 0.2) is 5.12 Å². The van der Waals surface area contributed by atoms with Crippen LogP contribution in [0.5, 0.6) is 0 Å². The molecule has 300 valence electrons. The van der Waals surface area contributed by atoms with Gasteiger partial charge < -0.3 is 9.97 Å². The molecule has 11 rings (SSSR count). The fraction of sp³-hybridized carbons (Fsp3) is 0.0351. The molecule has 10 radical (unpaired) electrons. The number of rotatable bonds is 7. The van der Waals surface area contributed by atoms with Gasteiger partial charge in [-0.05, 0) is 152 Å². The molecule has 2 aliphatic carbocycles. The lowest BCUT2D eigenvalue weighted by atomic mass is 9.94. The summed E-state index contributed by atoms with van der Waals surface area (Å²) in [7, 11) is 0.